The van der Waals surface area contributed by atoms with E-state index < -0.39 is 0 Å². The molecule has 0 saturated heterocycles. The van der Waals surface area contributed by atoms with Gasteiger partial charge in [0.1, 0.15) is 0 Å². The second-order valence-electron chi connectivity index (χ2n) is 3.72. The van der Waals surface area contributed by atoms with Crippen LogP contribution in [0.2, 0.25) is 0 Å². The summed E-state index contributed by atoms with van der Waals surface area (Å²) in [6, 6.07) is 6.60. The molecule has 2 rings (SSSR count). The molecular weight excluding hydrogens is 158 g/mol. The molecule has 1 nitrogen and oxygen atoms in total. The number of hydrogen-bond donors (Lipinski definition) is 1. The van der Waals surface area contributed by atoms with Crippen LogP contribution >= 0.6 is 0 Å². The minimum absolute atomic E-state index is 1.12. The lowest BCUT2D eigenvalue weighted by molar-refractivity contribution is 0.814. The van der Waals surface area contributed by atoms with Gasteiger partial charge in [0, 0.05) is 12.2 Å². The highest BCUT2D eigenvalue weighted by Gasteiger charge is 2.15. The van der Waals surface area contributed by atoms with E-state index in [1.165, 1.54) is 31.4 Å². The molecule has 13 heavy (non-hydrogen) atoms. The van der Waals surface area contributed by atoms with Crippen molar-refractivity contribution in [3.63, 3.8) is 0 Å². The molecule has 1 N–H and O–H groups in total. The summed E-state index contributed by atoms with van der Waals surface area (Å²) in [6.45, 7) is 3.35. The molecule has 0 radical (unpaired) electrons. The molecule has 1 aromatic carbocycles. The first-order valence-corrected chi connectivity index (χ1v) is 5.26. The van der Waals surface area contributed by atoms with Crippen molar-refractivity contribution in [3.05, 3.63) is 29.3 Å². The van der Waals surface area contributed by atoms with Crippen molar-refractivity contribution in [2.24, 2.45) is 0 Å². The Morgan fingerprint density at radius 2 is 2.23 bits per heavy atom. The number of hydrogen-bond acceptors (Lipinski definition) is 1. The molecule has 0 amide bonds. The fourth-order valence-corrected chi connectivity index (χ4v) is 1.81. The van der Waals surface area contributed by atoms with Crippen molar-refractivity contribution >= 4 is 5.69 Å². The highest BCUT2D eigenvalue weighted by Crippen LogP contribution is 2.29. The molecule has 0 aliphatic heterocycles. The summed E-state index contributed by atoms with van der Waals surface area (Å²) in [5.74, 6) is 0. The molecule has 1 aliphatic carbocycles. The first-order chi connectivity index (χ1) is 6.42. The highest BCUT2D eigenvalue weighted by molar-refractivity contribution is 5.58. The third-order valence-corrected chi connectivity index (χ3v) is 2.76. The van der Waals surface area contributed by atoms with Gasteiger partial charge in [-0.05, 0) is 36.5 Å². The van der Waals surface area contributed by atoms with Crippen LogP contribution in [0.1, 0.15) is 30.9 Å². The van der Waals surface area contributed by atoms with Crippen molar-refractivity contribution in [2.75, 3.05) is 11.9 Å². The molecule has 0 heterocycles. The summed E-state index contributed by atoms with van der Waals surface area (Å²) in [4.78, 5) is 0. The van der Waals surface area contributed by atoms with Gasteiger partial charge in [0.15, 0.2) is 0 Å². The van der Waals surface area contributed by atoms with Gasteiger partial charge in [-0.3, -0.25) is 0 Å². The normalized spacial score (nSPS) is 13.3. The van der Waals surface area contributed by atoms with E-state index in [2.05, 4.69) is 30.4 Å². The maximum atomic E-state index is 3.51. The second-order valence-corrected chi connectivity index (χ2v) is 3.72. The number of fused-ring (bicyclic) bond motifs is 1. The summed E-state index contributed by atoms with van der Waals surface area (Å²) >= 11 is 0. The zero-order chi connectivity index (χ0) is 9.10. The van der Waals surface area contributed by atoms with Gasteiger partial charge in [-0.15, -0.1) is 0 Å². The predicted molar refractivity (Wildman–Crippen MR) is 57.2 cm³/mol. The number of anilines is 1. The van der Waals surface area contributed by atoms with Crippen LogP contribution in [0.3, 0.4) is 0 Å². The van der Waals surface area contributed by atoms with E-state index >= 15 is 0 Å². The average molecular weight is 175 g/mol. The topological polar surface area (TPSA) is 12.0 Å². The molecule has 0 unspecified atom stereocenters. The molecule has 70 valence electrons. The summed E-state index contributed by atoms with van der Waals surface area (Å²) in [5.41, 5.74) is 4.47. The van der Waals surface area contributed by atoms with Crippen LogP contribution in [-0.2, 0) is 12.8 Å². The Balaban J connectivity index is 2.00. The molecule has 1 aromatic rings. The summed E-state index contributed by atoms with van der Waals surface area (Å²) < 4.78 is 0. The minimum Gasteiger partial charge on any atom is -0.385 e. The molecule has 0 atom stereocenters. The largest absolute Gasteiger partial charge is 0.385 e. The van der Waals surface area contributed by atoms with Crippen molar-refractivity contribution in [1.29, 1.82) is 0 Å². The average Bonchev–Trinajstić information content (AvgIpc) is 2.08. The quantitative estimate of drug-likeness (QED) is 0.694. The maximum Gasteiger partial charge on any atom is 0.0375 e. The van der Waals surface area contributed by atoms with Gasteiger partial charge in [-0.25, -0.2) is 0 Å². The summed E-state index contributed by atoms with van der Waals surface area (Å²) in [7, 11) is 0. The van der Waals surface area contributed by atoms with E-state index in [0.29, 0.717) is 0 Å². The SMILES string of the molecule is CCCCNc1cccc2c1CC2. The van der Waals surface area contributed by atoms with Crippen molar-refractivity contribution in [2.45, 2.75) is 32.6 Å². The van der Waals surface area contributed by atoms with E-state index in [1.807, 2.05) is 0 Å². The van der Waals surface area contributed by atoms with Gasteiger partial charge in [0.05, 0.1) is 0 Å². The predicted octanol–water partition coefficient (Wildman–Crippen LogP) is 3.00. The third kappa shape index (κ3) is 1.69. The maximum absolute atomic E-state index is 3.51. The molecule has 0 saturated carbocycles. The van der Waals surface area contributed by atoms with Gasteiger partial charge in [-0.2, -0.15) is 0 Å². The lowest BCUT2D eigenvalue weighted by Crippen LogP contribution is -2.13. The van der Waals surface area contributed by atoms with Crippen LogP contribution in [0.4, 0.5) is 5.69 Å². The molecule has 0 fully saturated rings. The Hall–Kier alpha value is -0.980. The second kappa shape index (κ2) is 3.82. The number of rotatable bonds is 4. The number of nitrogens with one attached hydrogen (secondary N) is 1. The molecule has 1 aliphatic rings. The van der Waals surface area contributed by atoms with Gasteiger partial charge in [0.2, 0.25) is 0 Å². The monoisotopic (exact) mass is 175 g/mol. The minimum atomic E-state index is 1.12. The lowest BCUT2D eigenvalue weighted by atomic mass is 9.87. The van der Waals surface area contributed by atoms with E-state index in [0.717, 1.165) is 6.54 Å². The fourth-order valence-electron chi connectivity index (χ4n) is 1.81. The van der Waals surface area contributed by atoms with Gasteiger partial charge in [-0.1, -0.05) is 25.5 Å². The van der Waals surface area contributed by atoms with Crippen LogP contribution in [-0.4, -0.2) is 6.54 Å². The van der Waals surface area contributed by atoms with Crippen molar-refractivity contribution < 1.29 is 0 Å². The molecule has 1 heteroatoms. The Labute approximate surface area is 80.2 Å². The lowest BCUT2D eigenvalue weighted by Gasteiger charge is -2.22. The van der Waals surface area contributed by atoms with E-state index in [-0.39, 0.29) is 0 Å². The van der Waals surface area contributed by atoms with Crippen LogP contribution in [0.15, 0.2) is 18.2 Å². The van der Waals surface area contributed by atoms with Gasteiger partial charge < -0.3 is 5.32 Å². The Bertz CT molecular complexity index is 291. The summed E-state index contributed by atoms with van der Waals surface area (Å²) in [5, 5.41) is 3.51. The van der Waals surface area contributed by atoms with Gasteiger partial charge in [0.25, 0.3) is 0 Å². The van der Waals surface area contributed by atoms with Crippen LogP contribution < -0.4 is 5.32 Å². The van der Waals surface area contributed by atoms with Crippen LogP contribution in [0.5, 0.6) is 0 Å². The molecule has 0 bridgehead atoms. The van der Waals surface area contributed by atoms with Crippen LogP contribution in [0, 0.1) is 0 Å². The zero-order valence-corrected chi connectivity index (χ0v) is 8.27. The highest BCUT2D eigenvalue weighted by atomic mass is 14.9. The Morgan fingerprint density at radius 3 is 2.92 bits per heavy atom. The fraction of sp³-hybridized carbons (Fsp3) is 0.500. The Kier molecular flexibility index (Phi) is 2.53. The number of aryl methyl sites for hydroxylation is 1. The summed E-state index contributed by atoms with van der Waals surface area (Å²) in [6.07, 6.45) is 5.08. The molecule has 0 aromatic heterocycles. The van der Waals surface area contributed by atoms with Gasteiger partial charge >= 0.3 is 0 Å². The van der Waals surface area contributed by atoms with Crippen molar-refractivity contribution in [1.82, 2.24) is 0 Å². The zero-order valence-electron chi connectivity index (χ0n) is 8.27. The van der Waals surface area contributed by atoms with Crippen molar-refractivity contribution in [3.8, 4) is 0 Å². The number of unbranched alkanes of at least 4 members (excludes halogenated alkanes) is 1. The van der Waals surface area contributed by atoms with E-state index in [4.69, 9.17) is 0 Å². The van der Waals surface area contributed by atoms with E-state index in [9.17, 15) is 0 Å². The first kappa shape index (κ1) is 8.61. The molecule has 0 spiro atoms. The first-order valence-electron chi connectivity index (χ1n) is 5.26. The Morgan fingerprint density at radius 1 is 1.31 bits per heavy atom. The van der Waals surface area contributed by atoms with E-state index in [1.54, 1.807) is 11.1 Å². The standard InChI is InChI=1S/C12H17N/c1-2-3-9-13-12-6-4-5-10-7-8-11(10)12/h4-6,13H,2-3,7-9H2,1H3. The molecular formula is C12H17N. The third-order valence-electron chi connectivity index (χ3n) is 2.76. The smallest absolute Gasteiger partial charge is 0.0375 e. The van der Waals surface area contributed by atoms with Crippen LogP contribution in [0.25, 0.3) is 0 Å². The number of benzene rings is 1.